The van der Waals surface area contributed by atoms with E-state index in [4.69, 9.17) is 18.9 Å². The highest BCUT2D eigenvalue weighted by molar-refractivity contribution is 5.10. The Morgan fingerprint density at radius 3 is 2.56 bits per heavy atom. The van der Waals surface area contributed by atoms with Crippen LogP contribution in [0, 0.1) is 0 Å². The highest BCUT2D eigenvalue weighted by Crippen LogP contribution is 2.30. The molecule has 4 bridgehead atoms. The maximum atomic E-state index is 9.69. The molecule has 0 aromatic carbocycles. The van der Waals surface area contributed by atoms with Crippen LogP contribution >= 0.6 is 0 Å². The molecule has 8 heteroatoms. The van der Waals surface area contributed by atoms with Crippen molar-refractivity contribution < 1.29 is 39.4 Å². The van der Waals surface area contributed by atoms with Crippen molar-refractivity contribution in [1.82, 2.24) is 0 Å². The third-order valence-electron chi connectivity index (χ3n) is 3.22. The molecule has 8 nitrogen and oxygen atoms in total. The van der Waals surface area contributed by atoms with Gasteiger partial charge in [0, 0.05) is 0 Å². The average Bonchev–Trinajstić information content (AvgIpc) is 2.78. The minimum Gasteiger partial charge on any atom is -0.504 e. The van der Waals surface area contributed by atoms with Crippen LogP contribution in [0.1, 0.15) is 0 Å². The predicted molar refractivity (Wildman–Crippen MR) is 53.1 cm³/mol. The van der Waals surface area contributed by atoms with Crippen LogP contribution in [0.3, 0.4) is 0 Å². The molecule has 0 aromatic heterocycles. The number of rotatable bonds is 0. The van der Waals surface area contributed by atoms with Crippen LogP contribution in [0.2, 0.25) is 0 Å². The van der Waals surface area contributed by atoms with Gasteiger partial charge in [-0.25, -0.2) is 0 Å². The van der Waals surface area contributed by atoms with Crippen molar-refractivity contribution in [2.75, 3.05) is 13.2 Å². The Balaban J connectivity index is 1.81. The molecule has 18 heavy (non-hydrogen) atoms. The van der Waals surface area contributed by atoms with E-state index < -0.39 is 42.6 Å². The number of aliphatic hydroxyl groups excluding tert-OH is 4. The molecule has 4 N–H and O–H groups in total. The lowest BCUT2D eigenvalue weighted by Gasteiger charge is -2.21. The fourth-order valence-corrected chi connectivity index (χ4v) is 2.13. The summed E-state index contributed by atoms with van der Waals surface area (Å²) in [5.41, 5.74) is 0. The quantitative estimate of drug-likeness (QED) is 0.394. The molecule has 0 spiro atoms. The van der Waals surface area contributed by atoms with E-state index in [2.05, 4.69) is 0 Å². The molecule has 0 radical (unpaired) electrons. The van der Waals surface area contributed by atoms with E-state index in [1.54, 1.807) is 0 Å². The lowest BCUT2D eigenvalue weighted by atomic mass is 10.1. The van der Waals surface area contributed by atoms with Gasteiger partial charge in [-0.2, -0.15) is 0 Å². The van der Waals surface area contributed by atoms with Gasteiger partial charge in [-0.3, -0.25) is 0 Å². The summed E-state index contributed by atoms with van der Waals surface area (Å²) < 4.78 is 20.8. The second-order valence-electron chi connectivity index (χ2n) is 4.44. The summed E-state index contributed by atoms with van der Waals surface area (Å²) >= 11 is 0. The van der Waals surface area contributed by atoms with Gasteiger partial charge in [0.15, 0.2) is 18.5 Å². The first-order valence-electron chi connectivity index (χ1n) is 5.62. The Kier molecular flexibility index (Phi) is 2.83. The highest BCUT2D eigenvalue weighted by Gasteiger charge is 2.47. The molecule has 3 aliphatic rings. The molecule has 0 aromatic rings. The van der Waals surface area contributed by atoms with Crippen molar-refractivity contribution in [2.45, 2.75) is 36.8 Å². The Hall–Kier alpha value is -1.06. The summed E-state index contributed by atoms with van der Waals surface area (Å²) in [4.78, 5) is 0. The zero-order valence-electron chi connectivity index (χ0n) is 9.30. The van der Waals surface area contributed by atoms with Crippen LogP contribution in [-0.2, 0) is 18.9 Å². The van der Waals surface area contributed by atoms with Crippen molar-refractivity contribution in [3.63, 3.8) is 0 Å². The van der Waals surface area contributed by atoms with Gasteiger partial charge in [-0.15, -0.1) is 0 Å². The Bertz CT molecular complexity index is 367. The molecular weight excluding hydrogens is 248 g/mol. The number of hydrogen-bond acceptors (Lipinski definition) is 8. The third kappa shape index (κ3) is 1.73. The van der Waals surface area contributed by atoms with Gasteiger partial charge < -0.3 is 39.4 Å². The second-order valence-corrected chi connectivity index (χ2v) is 4.44. The van der Waals surface area contributed by atoms with Gasteiger partial charge in [0.25, 0.3) is 0 Å². The topological polar surface area (TPSA) is 118 Å². The number of fused-ring (bicyclic) bond motifs is 4. The molecule has 2 saturated heterocycles. The van der Waals surface area contributed by atoms with Crippen LogP contribution in [0.4, 0.5) is 0 Å². The molecule has 2 fully saturated rings. The van der Waals surface area contributed by atoms with Gasteiger partial charge in [-0.05, 0) is 0 Å². The van der Waals surface area contributed by atoms with Crippen LogP contribution in [0.5, 0.6) is 0 Å². The van der Waals surface area contributed by atoms with E-state index >= 15 is 0 Å². The van der Waals surface area contributed by atoms with E-state index in [-0.39, 0.29) is 19.2 Å². The minimum absolute atomic E-state index is 0.112. The number of ether oxygens (including phenoxy) is 4. The SMILES string of the molecule is OC1=C2OCC3OC(OCC(O2)C1O)C(O)C3O. The summed E-state index contributed by atoms with van der Waals surface area (Å²) in [5, 5.41) is 38.6. The molecule has 3 rings (SSSR count). The fourth-order valence-electron chi connectivity index (χ4n) is 2.13. The van der Waals surface area contributed by atoms with E-state index in [0.717, 1.165) is 0 Å². The molecule has 0 saturated carbocycles. The van der Waals surface area contributed by atoms with Crippen molar-refractivity contribution in [2.24, 2.45) is 0 Å². The molecule has 3 heterocycles. The second kappa shape index (κ2) is 4.25. The van der Waals surface area contributed by atoms with Gasteiger partial charge >= 0.3 is 5.95 Å². The smallest absolute Gasteiger partial charge is 0.322 e. The van der Waals surface area contributed by atoms with E-state index in [1.807, 2.05) is 0 Å². The third-order valence-corrected chi connectivity index (χ3v) is 3.22. The van der Waals surface area contributed by atoms with Gasteiger partial charge in [0.1, 0.15) is 24.9 Å². The zero-order chi connectivity index (χ0) is 12.9. The lowest BCUT2D eigenvalue weighted by Crippen LogP contribution is -2.37. The summed E-state index contributed by atoms with van der Waals surface area (Å²) in [7, 11) is 0. The molecule has 0 aliphatic carbocycles. The minimum atomic E-state index is -1.24. The summed E-state index contributed by atoms with van der Waals surface area (Å²) in [6.07, 6.45) is -6.19. The average molecular weight is 262 g/mol. The van der Waals surface area contributed by atoms with Crippen molar-refractivity contribution in [3.8, 4) is 0 Å². The monoisotopic (exact) mass is 262 g/mol. The van der Waals surface area contributed by atoms with Crippen molar-refractivity contribution >= 4 is 0 Å². The van der Waals surface area contributed by atoms with E-state index in [1.165, 1.54) is 0 Å². The van der Waals surface area contributed by atoms with Crippen LogP contribution in [-0.4, -0.2) is 70.4 Å². The largest absolute Gasteiger partial charge is 0.504 e. The van der Waals surface area contributed by atoms with E-state index in [0.29, 0.717) is 0 Å². The molecular formula is C10H14O8. The number of hydrogen-bond donors (Lipinski definition) is 4. The maximum absolute atomic E-state index is 9.69. The first-order chi connectivity index (χ1) is 8.58. The standard InChI is InChI=1S/C10H14O8/c11-5-3-1-15-9-8(14)6(12)4(18-9)2-16-10(17-3)7(5)13/h3-7,10-14H,1-2H2. The Labute approximate surface area is 102 Å². The summed E-state index contributed by atoms with van der Waals surface area (Å²) in [5.74, 6) is -0.608. The Morgan fingerprint density at radius 1 is 1.00 bits per heavy atom. The summed E-state index contributed by atoms with van der Waals surface area (Å²) in [6, 6.07) is 0. The molecule has 6 unspecified atom stereocenters. The summed E-state index contributed by atoms with van der Waals surface area (Å²) in [6.45, 7) is -0.240. The first-order valence-corrected chi connectivity index (χ1v) is 5.62. The highest BCUT2D eigenvalue weighted by atomic mass is 16.7. The number of aliphatic hydroxyl groups is 4. The normalized spacial score (nSPS) is 47.7. The lowest BCUT2D eigenvalue weighted by molar-refractivity contribution is -0.200. The van der Waals surface area contributed by atoms with Gasteiger partial charge in [0.2, 0.25) is 5.76 Å². The van der Waals surface area contributed by atoms with Gasteiger partial charge in [-0.1, -0.05) is 0 Å². The van der Waals surface area contributed by atoms with Gasteiger partial charge in [0.05, 0.1) is 6.61 Å². The molecule has 0 amide bonds. The molecule has 6 atom stereocenters. The molecule has 102 valence electrons. The van der Waals surface area contributed by atoms with Crippen LogP contribution in [0.25, 0.3) is 0 Å². The Morgan fingerprint density at radius 2 is 1.78 bits per heavy atom. The van der Waals surface area contributed by atoms with E-state index in [9.17, 15) is 20.4 Å². The van der Waals surface area contributed by atoms with Crippen molar-refractivity contribution in [1.29, 1.82) is 0 Å². The maximum Gasteiger partial charge on any atom is 0.322 e. The first kappa shape index (κ1) is 12.0. The zero-order valence-corrected chi connectivity index (χ0v) is 9.30. The van der Waals surface area contributed by atoms with Crippen LogP contribution in [0.15, 0.2) is 11.7 Å². The molecule has 3 aliphatic heterocycles. The predicted octanol–water partition coefficient (Wildman–Crippen LogP) is -2.03. The van der Waals surface area contributed by atoms with Crippen LogP contribution < -0.4 is 0 Å². The fraction of sp³-hybridized carbons (Fsp3) is 0.800. The van der Waals surface area contributed by atoms with Crippen molar-refractivity contribution in [3.05, 3.63) is 11.7 Å².